The first-order valence-corrected chi connectivity index (χ1v) is 6.87. The van der Waals surface area contributed by atoms with E-state index in [1.807, 2.05) is 13.0 Å². The Morgan fingerprint density at radius 1 is 1.37 bits per heavy atom. The Morgan fingerprint density at radius 2 is 2.05 bits per heavy atom. The van der Waals surface area contributed by atoms with E-state index in [0.717, 1.165) is 18.8 Å². The first-order valence-electron chi connectivity index (χ1n) is 6.87. The topological polar surface area (TPSA) is 65.7 Å². The second-order valence-electron chi connectivity index (χ2n) is 4.49. The van der Waals surface area contributed by atoms with Crippen molar-refractivity contribution in [2.75, 3.05) is 19.7 Å². The average Bonchev–Trinajstić information content (AvgIpc) is 2.90. The Kier molecular flexibility index (Phi) is 6.59. The summed E-state index contributed by atoms with van der Waals surface area (Å²) in [6.45, 7) is 8.63. The van der Waals surface area contributed by atoms with Crippen molar-refractivity contribution in [3.05, 3.63) is 23.7 Å². The third-order valence-electron chi connectivity index (χ3n) is 3.21. The number of carbonyl (C=O) groups excluding carboxylic acids is 1. The number of aliphatic hydroxyl groups is 1. The summed E-state index contributed by atoms with van der Waals surface area (Å²) in [6.07, 6.45) is 0.690. The van der Waals surface area contributed by atoms with Gasteiger partial charge in [-0.05, 0) is 31.6 Å². The van der Waals surface area contributed by atoms with Crippen LogP contribution in [-0.4, -0.2) is 41.7 Å². The molecule has 1 rings (SSSR count). The fourth-order valence-electron chi connectivity index (χ4n) is 1.79. The third kappa shape index (κ3) is 4.69. The molecule has 1 amide bonds. The second kappa shape index (κ2) is 7.96. The van der Waals surface area contributed by atoms with E-state index in [1.165, 1.54) is 0 Å². The number of aliphatic hydroxyl groups excluding tert-OH is 1. The summed E-state index contributed by atoms with van der Waals surface area (Å²) >= 11 is 0. The molecule has 0 unspecified atom stereocenters. The van der Waals surface area contributed by atoms with Gasteiger partial charge >= 0.3 is 0 Å². The molecule has 5 heteroatoms. The molecule has 1 atom stereocenters. The van der Waals surface area contributed by atoms with Crippen molar-refractivity contribution in [2.24, 2.45) is 0 Å². The summed E-state index contributed by atoms with van der Waals surface area (Å²) in [4.78, 5) is 14.1. The highest BCUT2D eigenvalue weighted by molar-refractivity contribution is 5.91. The van der Waals surface area contributed by atoms with Gasteiger partial charge in [-0.25, -0.2) is 0 Å². The van der Waals surface area contributed by atoms with Crippen molar-refractivity contribution >= 4 is 5.91 Å². The van der Waals surface area contributed by atoms with E-state index >= 15 is 0 Å². The van der Waals surface area contributed by atoms with Gasteiger partial charge in [0.1, 0.15) is 5.76 Å². The number of nitrogens with one attached hydrogen (secondary N) is 1. The molecule has 19 heavy (non-hydrogen) atoms. The van der Waals surface area contributed by atoms with Gasteiger partial charge in [-0.1, -0.05) is 20.8 Å². The molecule has 108 valence electrons. The van der Waals surface area contributed by atoms with Crippen LogP contribution in [0.5, 0.6) is 0 Å². The van der Waals surface area contributed by atoms with Gasteiger partial charge in [-0.15, -0.1) is 0 Å². The summed E-state index contributed by atoms with van der Waals surface area (Å²) in [6, 6.07) is 3.29. The maximum absolute atomic E-state index is 11.9. The van der Waals surface area contributed by atoms with Crippen LogP contribution in [0.4, 0.5) is 0 Å². The fourth-order valence-corrected chi connectivity index (χ4v) is 1.79. The minimum Gasteiger partial charge on any atom is -0.455 e. The number of hydrogen-bond donors (Lipinski definition) is 2. The molecule has 0 radical (unpaired) electrons. The molecular formula is C14H24N2O3. The van der Waals surface area contributed by atoms with E-state index in [4.69, 9.17) is 9.52 Å². The lowest BCUT2D eigenvalue weighted by molar-refractivity contribution is 0.0883. The van der Waals surface area contributed by atoms with Crippen LogP contribution in [0.25, 0.3) is 0 Å². The van der Waals surface area contributed by atoms with E-state index in [1.54, 1.807) is 6.07 Å². The number of nitrogens with zero attached hydrogens (tertiary/aromatic N) is 1. The third-order valence-corrected chi connectivity index (χ3v) is 3.21. The zero-order valence-electron chi connectivity index (χ0n) is 12.0. The zero-order chi connectivity index (χ0) is 14.3. The molecule has 0 saturated heterocycles. The molecule has 0 spiro atoms. The fraction of sp³-hybridized carbons (Fsp3) is 0.643. The van der Waals surface area contributed by atoms with Crippen LogP contribution < -0.4 is 5.32 Å². The van der Waals surface area contributed by atoms with Gasteiger partial charge in [0, 0.05) is 0 Å². The molecule has 0 fully saturated rings. The van der Waals surface area contributed by atoms with E-state index in [2.05, 4.69) is 24.1 Å². The molecule has 0 saturated carbocycles. The van der Waals surface area contributed by atoms with Crippen molar-refractivity contribution in [3.63, 3.8) is 0 Å². The van der Waals surface area contributed by atoms with Crippen LogP contribution in [0.15, 0.2) is 16.5 Å². The van der Waals surface area contributed by atoms with Crippen molar-refractivity contribution in [1.29, 1.82) is 0 Å². The van der Waals surface area contributed by atoms with Gasteiger partial charge in [-0.3, -0.25) is 9.69 Å². The lowest BCUT2D eigenvalue weighted by Crippen LogP contribution is -2.36. The molecule has 0 aliphatic rings. The number of rotatable bonds is 8. The number of amides is 1. The molecule has 5 nitrogen and oxygen atoms in total. The molecule has 0 bridgehead atoms. The van der Waals surface area contributed by atoms with Crippen LogP contribution in [0.1, 0.15) is 43.5 Å². The lowest BCUT2D eigenvalue weighted by Gasteiger charge is -2.16. The quantitative estimate of drug-likeness (QED) is 0.752. The van der Waals surface area contributed by atoms with Crippen LogP contribution in [0, 0.1) is 0 Å². The van der Waals surface area contributed by atoms with E-state index in [-0.39, 0.29) is 18.6 Å². The Balaban J connectivity index is 2.60. The van der Waals surface area contributed by atoms with E-state index in [0.29, 0.717) is 18.7 Å². The summed E-state index contributed by atoms with van der Waals surface area (Å²) in [5.41, 5.74) is 0. The molecular weight excluding hydrogens is 244 g/mol. The smallest absolute Gasteiger partial charge is 0.287 e. The summed E-state index contributed by atoms with van der Waals surface area (Å²) in [5.74, 6) is 0.812. The highest BCUT2D eigenvalue weighted by Gasteiger charge is 2.15. The molecule has 0 aromatic carbocycles. The van der Waals surface area contributed by atoms with Crippen molar-refractivity contribution in [1.82, 2.24) is 10.2 Å². The van der Waals surface area contributed by atoms with Crippen LogP contribution in [0.3, 0.4) is 0 Å². The van der Waals surface area contributed by atoms with Gasteiger partial charge < -0.3 is 14.8 Å². The zero-order valence-corrected chi connectivity index (χ0v) is 12.0. The minimum absolute atomic E-state index is 0.0603. The van der Waals surface area contributed by atoms with Gasteiger partial charge in [0.2, 0.25) is 0 Å². The Bertz CT molecular complexity index is 382. The molecule has 2 N–H and O–H groups in total. The lowest BCUT2D eigenvalue weighted by atomic mass is 10.2. The van der Waals surface area contributed by atoms with Crippen LogP contribution >= 0.6 is 0 Å². The number of hydrogen-bond acceptors (Lipinski definition) is 4. The Labute approximate surface area is 114 Å². The molecule has 0 aliphatic heterocycles. The predicted octanol–water partition coefficient (Wildman–Crippen LogP) is 1.62. The first kappa shape index (κ1) is 15.7. The number of carbonyl (C=O) groups is 1. The predicted molar refractivity (Wildman–Crippen MR) is 74.0 cm³/mol. The van der Waals surface area contributed by atoms with E-state index < -0.39 is 0 Å². The SMILES string of the molecule is CC[C@H](CO)NC(=O)c1ccc(CN(CC)CC)o1. The Morgan fingerprint density at radius 3 is 2.58 bits per heavy atom. The minimum atomic E-state index is -0.272. The monoisotopic (exact) mass is 268 g/mol. The van der Waals surface area contributed by atoms with Crippen molar-refractivity contribution < 1.29 is 14.3 Å². The van der Waals surface area contributed by atoms with Gasteiger partial charge in [-0.2, -0.15) is 0 Å². The first-order chi connectivity index (χ1) is 9.14. The molecule has 1 heterocycles. The molecule has 1 aromatic rings. The molecule has 1 aromatic heterocycles. The molecule has 0 aliphatic carbocycles. The maximum atomic E-state index is 11.9. The van der Waals surface area contributed by atoms with E-state index in [9.17, 15) is 4.79 Å². The average molecular weight is 268 g/mol. The van der Waals surface area contributed by atoms with Crippen molar-refractivity contribution in [3.8, 4) is 0 Å². The van der Waals surface area contributed by atoms with Gasteiger partial charge in [0.05, 0.1) is 19.2 Å². The summed E-state index contributed by atoms with van der Waals surface area (Å²) in [7, 11) is 0. The number of furan rings is 1. The standard InChI is InChI=1S/C14H24N2O3/c1-4-11(10-17)15-14(18)13-8-7-12(19-13)9-16(5-2)6-3/h7-8,11,17H,4-6,9-10H2,1-3H3,(H,15,18)/t11-/m1/s1. The van der Waals surface area contributed by atoms with Gasteiger partial charge in [0.15, 0.2) is 5.76 Å². The summed E-state index contributed by atoms with van der Waals surface area (Å²) < 4.78 is 5.53. The van der Waals surface area contributed by atoms with Gasteiger partial charge in [0.25, 0.3) is 5.91 Å². The normalized spacial score (nSPS) is 12.7. The van der Waals surface area contributed by atoms with Crippen molar-refractivity contribution in [2.45, 2.75) is 39.8 Å². The summed E-state index contributed by atoms with van der Waals surface area (Å²) in [5, 5.41) is 11.8. The second-order valence-corrected chi connectivity index (χ2v) is 4.49. The highest BCUT2D eigenvalue weighted by atomic mass is 16.4. The Hall–Kier alpha value is -1.33. The maximum Gasteiger partial charge on any atom is 0.287 e. The van der Waals surface area contributed by atoms with Crippen LogP contribution in [-0.2, 0) is 6.54 Å². The highest BCUT2D eigenvalue weighted by Crippen LogP contribution is 2.11. The largest absolute Gasteiger partial charge is 0.455 e. The van der Waals surface area contributed by atoms with Crippen LogP contribution in [0.2, 0.25) is 0 Å².